The molecule has 0 atom stereocenters. The van der Waals surface area contributed by atoms with Gasteiger partial charge in [0.1, 0.15) is 5.84 Å². The molecular weight excluding hydrogens is 234 g/mol. The lowest BCUT2D eigenvalue weighted by atomic mass is 10.1. The standard InChI is InChI=1S/C16H19N3/c1-12-6-3-4-9-15(12)19(2)11-13-7-5-8-14(10-13)16(17)18/h3-10H,11H2,1-2H3,(H3,17,18). The van der Waals surface area contributed by atoms with E-state index in [1.807, 2.05) is 30.3 Å². The number of nitrogen functional groups attached to an aromatic ring is 1. The second kappa shape index (κ2) is 5.57. The summed E-state index contributed by atoms with van der Waals surface area (Å²) in [5, 5.41) is 7.48. The first-order valence-electron chi connectivity index (χ1n) is 6.28. The minimum absolute atomic E-state index is 0.111. The topological polar surface area (TPSA) is 53.1 Å². The molecule has 0 aliphatic rings. The molecule has 0 bridgehead atoms. The van der Waals surface area contributed by atoms with E-state index in [1.54, 1.807) is 0 Å². The Morgan fingerprint density at radius 2 is 1.89 bits per heavy atom. The minimum atomic E-state index is 0.111. The second-order valence-electron chi connectivity index (χ2n) is 4.76. The Hall–Kier alpha value is -2.29. The van der Waals surface area contributed by atoms with Crippen LogP contribution < -0.4 is 10.6 Å². The number of nitrogens with zero attached hydrogens (tertiary/aromatic N) is 1. The summed E-state index contributed by atoms with van der Waals surface area (Å²) in [4.78, 5) is 2.20. The van der Waals surface area contributed by atoms with Gasteiger partial charge < -0.3 is 10.6 Å². The molecular formula is C16H19N3. The van der Waals surface area contributed by atoms with Crippen LogP contribution in [-0.4, -0.2) is 12.9 Å². The summed E-state index contributed by atoms with van der Waals surface area (Å²) in [7, 11) is 2.07. The van der Waals surface area contributed by atoms with Gasteiger partial charge in [-0.25, -0.2) is 0 Å². The number of aryl methyl sites for hydroxylation is 1. The van der Waals surface area contributed by atoms with Crippen molar-refractivity contribution in [2.45, 2.75) is 13.5 Å². The predicted octanol–water partition coefficient (Wildman–Crippen LogP) is 2.92. The largest absolute Gasteiger partial charge is 0.384 e. The van der Waals surface area contributed by atoms with Crippen LogP contribution in [0.2, 0.25) is 0 Å². The maximum absolute atomic E-state index is 7.48. The van der Waals surface area contributed by atoms with Crippen molar-refractivity contribution in [3.63, 3.8) is 0 Å². The van der Waals surface area contributed by atoms with Crippen LogP contribution in [0.25, 0.3) is 0 Å². The molecule has 0 radical (unpaired) electrons. The number of nitrogens with one attached hydrogen (secondary N) is 1. The van der Waals surface area contributed by atoms with Gasteiger partial charge in [-0.1, -0.05) is 36.4 Å². The third-order valence-corrected chi connectivity index (χ3v) is 3.18. The van der Waals surface area contributed by atoms with Crippen LogP contribution >= 0.6 is 0 Å². The van der Waals surface area contributed by atoms with Crippen LogP contribution in [0.15, 0.2) is 48.5 Å². The van der Waals surface area contributed by atoms with Gasteiger partial charge in [0.05, 0.1) is 0 Å². The average molecular weight is 253 g/mol. The van der Waals surface area contributed by atoms with Gasteiger partial charge in [-0.05, 0) is 30.2 Å². The molecule has 0 aromatic heterocycles. The Morgan fingerprint density at radius 3 is 2.58 bits per heavy atom. The monoisotopic (exact) mass is 253 g/mol. The lowest BCUT2D eigenvalue weighted by Gasteiger charge is -2.21. The molecule has 3 heteroatoms. The average Bonchev–Trinajstić information content (AvgIpc) is 2.39. The Balaban J connectivity index is 2.19. The fourth-order valence-corrected chi connectivity index (χ4v) is 2.19. The number of rotatable bonds is 4. The van der Waals surface area contributed by atoms with Crippen LogP contribution in [0.3, 0.4) is 0 Å². The molecule has 98 valence electrons. The predicted molar refractivity (Wildman–Crippen MR) is 80.7 cm³/mol. The van der Waals surface area contributed by atoms with Gasteiger partial charge in [0.25, 0.3) is 0 Å². The van der Waals surface area contributed by atoms with E-state index in [4.69, 9.17) is 11.1 Å². The zero-order valence-electron chi connectivity index (χ0n) is 11.4. The van der Waals surface area contributed by atoms with Gasteiger partial charge in [-0.2, -0.15) is 0 Å². The highest BCUT2D eigenvalue weighted by Crippen LogP contribution is 2.20. The van der Waals surface area contributed by atoms with Crippen molar-refractivity contribution < 1.29 is 0 Å². The Kier molecular flexibility index (Phi) is 3.85. The van der Waals surface area contributed by atoms with Crippen molar-refractivity contribution >= 4 is 11.5 Å². The smallest absolute Gasteiger partial charge is 0.122 e. The van der Waals surface area contributed by atoms with Crippen molar-refractivity contribution in [1.29, 1.82) is 5.41 Å². The molecule has 0 saturated carbocycles. The molecule has 0 spiro atoms. The zero-order valence-corrected chi connectivity index (χ0v) is 11.4. The Morgan fingerprint density at radius 1 is 1.16 bits per heavy atom. The summed E-state index contributed by atoms with van der Waals surface area (Å²) in [5.41, 5.74) is 9.92. The first-order valence-corrected chi connectivity index (χ1v) is 6.28. The molecule has 3 N–H and O–H groups in total. The normalized spacial score (nSPS) is 10.2. The van der Waals surface area contributed by atoms with Crippen LogP contribution in [0, 0.1) is 12.3 Å². The van der Waals surface area contributed by atoms with Crippen molar-refractivity contribution in [2.24, 2.45) is 5.73 Å². The molecule has 19 heavy (non-hydrogen) atoms. The fourth-order valence-electron chi connectivity index (χ4n) is 2.19. The van der Waals surface area contributed by atoms with Crippen molar-refractivity contribution in [1.82, 2.24) is 0 Å². The van der Waals surface area contributed by atoms with Crippen LogP contribution in [0.5, 0.6) is 0 Å². The van der Waals surface area contributed by atoms with Crippen molar-refractivity contribution in [3.05, 3.63) is 65.2 Å². The van der Waals surface area contributed by atoms with Gasteiger partial charge >= 0.3 is 0 Å². The number of nitrogens with two attached hydrogens (primary N) is 1. The van der Waals surface area contributed by atoms with E-state index in [-0.39, 0.29) is 5.84 Å². The molecule has 0 unspecified atom stereocenters. The van der Waals surface area contributed by atoms with Crippen LogP contribution in [0.4, 0.5) is 5.69 Å². The highest BCUT2D eigenvalue weighted by Gasteiger charge is 2.05. The minimum Gasteiger partial charge on any atom is -0.384 e. The van der Waals surface area contributed by atoms with Crippen LogP contribution in [0.1, 0.15) is 16.7 Å². The van der Waals surface area contributed by atoms with E-state index < -0.39 is 0 Å². The maximum atomic E-state index is 7.48. The number of para-hydroxylation sites is 1. The van der Waals surface area contributed by atoms with Gasteiger partial charge in [0.2, 0.25) is 0 Å². The molecule has 0 aliphatic carbocycles. The number of hydrogen-bond donors (Lipinski definition) is 2. The zero-order chi connectivity index (χ0) is 13.8. The van der Waals surface area contributed by atoms with Gasteiger partial charge in [0.15, 0.2) is 0 Å². The number of hydrogen-bond acceptors (Lipinski definition) is 2. The third-order valence-electron chi connectivity index (χ3n) is 3.18. The highest BCUT2D eigenvalue weighted by molar-refractivity contribution is 5.95. The van der Waals surface area contributed by atoms with E-state index >= 15 is 0 Å². The Bertz CT molecular complexity index is 590. The van der Waals surface area contributed by atoms with E-state index in [0.717, 1.165) is 17.7 Å². The SMILES string of the molecule is Cc1ccccc1N(C)Cc1cccc(C(=N)N)c1. The first-order chi connectivity index (χ1) is 9.08. The summed E-state index contributed by atoms with van der Waals surface area (Å²) in [6.07, 6.45) is 0. The van der Waals surface area contributed by atoms with Crippen LogP contribution in [-0.2, 0) is 6.54 Å². The van der Waals surface area contributed by atoms with E-state index in [9.17, 15) is 0 Å². The molecule has 2 aromatic rings. The molecule has 0 fully saturated rings. The summed E-state index contributed by atoms with van der Waals surface area (Å²) in [6, 6.07) is 16.1. The van der Waals surface area contributed by atoms with Gasteiger partial charge in [-0.3, -0.25) is 5.41 Å². The quantitative estimate of drug-likeness (QED) is 0.650. The molecule has 2 aromatic carbocycles. The lowest BCUT2D eigenvalue weighted by molar-refractivity contribution is 0.917. The maximum Gasteiger partial charge on any atom is 0.122 e. The molecule has 0 amide bonds. The molecule has 0 heterocycles. The highest BCUT2D eigenvalue weighted by atomic mass is 15.1. The van der Waals surface area contributed by atoms with Crippen molar-refractivity contribution in [2.75, 3.05) is 11.9 Å². The number of amidine groups is 1. The van der Waals surface area contributed by atoms with E-state index in [0.29, 0.717) is 0 Å². The van der Waals surface area contributed by atoms with Gasteiger partial charge in [-0.15, -0.1) is 0 Å². The van der Waals surface area contributed by atoms with E-state index in [2.05, 4.69) is 37.1 Å². The third kappa shape index (κ3) is 3.13. The van der Waals surface area contributed by atoms with Crippen molar-refractivity contribution in [3.8, 4) is 0 Å². The molecule has 3 nitrogen and oxygen atoms in total. The summed E-state index contributed by atoms with van der Waals surface area (Å²) in [5.74, 6) is 0.111. The number of anilines is 1. The summed E-state index contributed by atoms with van der Waals surface area (Å²) in [6.45, 7) is 2.91. The fraction of sp³-hybridized carbons (Fsp3) is 0.188. The summed E-state index contributed by atoms with van der Waals surface area (Å²) >= 11 is 0. The number of benzene rings is 2. The second-order valence-corrected chi connectivity index (χ2v) is 4.76. The van der Waals surface area contributed by atoms with E-state index in [1.165, 1.54) is 11.3 Å². The lowest BCUT2D eigenvalue weighted by Crippen LogP contribution is -2.18. The molecule has 0 saturated heterocycles. The molecule has 0 aliphatic heterocycles. The summed E-state index contributed by atoms with van der Waals surface area (Å²) < 4.78 is 0. The first kappa shape index (κ1) is 13.1. The van der Waals surface area contributed by atoms with Gasteiger partial charge in [0, 0.05) is 24.8 Å². The molecule has 2 rings (SSSR count). The Labute approximate surface area is 114 Å².